The van der Waals surface area contributed by atoms with Crippen molar-refractivity contribution in [3.63, 3.8) is 0 Å². The van der Waals surface area contributed by atoms with Gasteiger partial charge in [0.1, 0.15) is 11.3 Å². The summed E-state index contributed by atoms with van der Waals surface area (Å²) < 4.78 is 1.91. The molecular weight excluding hydrogens is 438 g/mol. The van der Waals surface area contributed by atoms with Crippen molar-refractivity contribution in [1.29, 1.82) is 0 Å². The lowest BCUT2D eigenvalue weighted by Crippen LogP contribution is -2.52. The molecule has 3 aromatic heterocycles. The smallest absolute Gasteiger partial charge is 0.225 e. The van der Waals surface area contributed by atoms with Gasteiger partial charge in [0, 0.05) is 69.3 Å². The molecule has 178 valence electrons. The molecule has 6 rings (SSSR count). The van der Waals surface area contributed by atoms with Gasteiger partial charge in [-0.05, 0) is 31.0 Å². The fourth-order valence-corrected chi connectivity index (χ4v) is 5.20. The molecule has 35 heavy (non-hydrogen) atoms. The first-order valence-corrected chi connectivity index (χ1v) is 12.4. The second-order valence-electron chi connectivity index (χ2n) is 9.24. The van der Waals surface area contributed by atoms with Crippen LogP contribution < -0.4 is 9.80 Å². The number of piperazine rings is 1. The zero-order chi connectivity index (χ0) is 23.6. The van der Waals surface area contributed by atoms with E-state index < -0.39 is 0 Å². The molecule has 1 aromatic carbocycles. The Morgan fingerprint density at radius 3 is 2.31 bits per heavy atom. The number of anilines is 2. The molecule has 8 heteroatoms. The van der Waals surface area contributed by atoms with Crippen molar-refractivity contribution in [2.24, 2.45) is 5.92 Å². The van der Waals surface area contributed by atoms with Gasteiger partial charge < -0.3 is 14.7 Å². The number of rotatable bonds is 4. The number of piperidine rings is 1. The van der Waals surface area contributed by atoms with Gasteiger partial charge in [0.05, 0.1) is 5.69 Å². The molecule has 2 saturated heterocycles. The summed E-state index contributed by atoms with van der Waals surface area (Å²) >= 11 is 0. The lowest BCUT2D eigenvalue weighted by atomic mass is 9.95. The van der Waals surface area contributed by atoms with Gasteiger partial charge in [-0.2, -0.15) is 5.10 Å². The van der Waals surface area contributed by atoms with E-state index in [9.17, 15) is 4.79 Å². The highest BCUT2D eigenvalue weighted by Crippen LogP contribution is 2.29. The maximum absolute atomic E-state index is 13.3. The molecule has 1 amide bonds. The van der Waals surface area contributed by atoms with E-state index in [1.54, 1.807) is 0 Å². The van der Waals surface area contributed by atoms with Gasteiger partial charge in [-0.3, -0.25) is 4.79 Å². The normalized spacial score (nSPS) is 17.2. The summed E-state index contributed by atoms with van der Waals surface area (Å²) in [6, 6.07) is 18.3. The summed E-state index contributed by atoms with van der Waals surface area (Å²) in [5.74, 6) is 2.31. The third-order valence-electron chi connectivity index (χ3n) is 7.15. The maximum atomic E-state index is 13.3. The molecular formula is C27H29N7O. The van der Waals surface area contributed by atoms with Crippen molar-refractivity contribution < 1.29 is 4.79 Å². The van der Waals surface area contributed by atoms with Crippen LogP contribution in [0.1, 0.15) is 12.8 Å². The molecule has 4 aromatic rings. The van der Waals surface area contributed by atoms with E-state index >= 15 is 0 Å². The Kier molecular flexibility index (Phi) is 5.78. The van der Waals surface area contributed by atoms with E-state index in [2.05, 4.69) is 33.0 Å². The van der Waals surface area contributed by atoms with Crippen LogP contribution in [0.5, 0.6) is 0 Å². The molecule has 0 saturated carbocycles. The van der Waals surface area contributed by atoms with Gasteiger partial charge in [-0.25, -0.2) is 14.5 Å². The summed E-state index contributed by atoms with van der Waals surface area (Å²) in [7, 11) is 0. The van der Waals surface area contributed by atoms with Crippen LogP contribution in [-0.4, -0.2) is 69.7 Å². The minimum Gasteiger partial charge on any atom is -0.355 e. The minimum atomic E-state index is 0.0807. The van der Waals surface area contributed by atoms with Crippen LogP contribution in [0.15, 0.2) is 73.2 Å². The van der Waals surface area contributed by atoms with Crippen molar-refractivity contribution >= 4 is 23.1 Å². The van der Waals surface area contributed by atoms with Gasteiger partial charge >= 0.3 is 0 Å². The van der Waals surface area contributed by atoms with Crippen LogP contribution >= 0.6 is 0 Å². The molecule has 2 fully saturated rings. The van der Waals surface area contributed by atoms with E-state index in [-0.39, 0.29) is 5.92 Å². The number of carbonyl (C=O) groups excluding carboxylic acids is 1. The molecule has 0 bridgehead atoms. The number of amides is 1. The molecule has 0 N–H and O–H groups in total. The third-order valence-corrected chi connectivity index (χ3v) is 7.15. The van der Waals surface area contributed by atoms with Gasteiger partial charge in [0.2, 0.25) is 5.91 Å². The molecule has 2 aliphatic rings. The summed E-state index contributed by atoms with van der Waals surface area (Å²) in [6.07, 6.45) is 7.22. The van der Waals surface area contributed by atoms with Crippen molar-refractivity contribution in [1.82, 2.24) is 24.5 Å². The topological polar surface area (TPSA) is 69.9 Å². The predicted molar refractivity (Wildman–Crippen MR) is 136 cm³/mol. The predicted octanol–water partition coefficient (Wildman–Crippen LogP) is 3.36. The number of hydrogen-bond donors (Lipinski definition) is 0. The van der Waals surface area contributed by atoms with Crippen molar-refractivity contribution in [2.45, 2.75) is 12.8 Å². The summed E-state index contributed by atoms with van der Waals surface area (Å²) in [5.41, 5.74) is 3.03. The number of benzene rings is 1. The Morgan fingerprint density at radius 2 is 1.57 bits per heavy atom. The highest BCUT2D eigenvalue weighted by molar-refractivity contribution is 5.80. The summed E-state index contributed by atoms with van der Waals surface area (Å²) in [6.45, 7) is 4.83. The van der Waals surface area contributed by atoms with E-state index in [4.69, 9.17) is 10.1 Å². The molecule has 2 aliphatic heterocycles. The third kappa shape index (κ3) is 4.32. The summed E-state index contributed by atoms with van der Waals surface area (Å²) in [4.78, 5) is 29.0. The Labute approximate surface area is 204 Å². The fraction of sp³-hybridized carbons (Fsp3) is 0.333. The number of aromatic nitrogens is 4. The van der Waals surface area contributed by atoms with E-state index in [0.29, 0.717) is 5.91 Å². The first-order valence-electron chi connectivity index (χ1n) is 12.4. The molecule has 5 heterocycles. The number of nitrogens with zero attached hydrogens (tertiary/aromatic N) is 7. The fourth-order valence-electron chi connectivity index (χ4n) is 5.20. The molecule has 0 radical (unpaired) electrons. The van der Waals surface area contributed by atoms with Crippen LogP contribution in [0.3, 0.4) is 0 Å². The Morgan fingerprint density at radius 1 is 0.800 bits per heavy atom. The first-order chi connectivity index (χ1) is 17.3. The average Bonchev–Trinajstić information content (AvgIpc) is 3.39. The van der Waals surface area contributed by atoms with Crippen molar-refractivity contribution in [3.05, 3.63) is 73.2 Å². The SMILES string of the molecule is O=C(C1CCN(c2nccn3nc(-c4ccccc4)cc23)CC1)N1CCN(c2ccccn2)CC1. The zero-order valence-electron chi connectivity index (χ0n) is 19.7. The highest BCUT2D eigenvalue weighted by atomic mass is 16.2. The van der Waals surface area contributed by atoms with E-state index in [0.717, 1.165) is 80.5 Å². The molecule has 0 atom stereocenters. The Bertz CT molecular complexity index is 1290. The van der Waals surface area contributed by atoms with Gasteiger partial charge in [0.15, 0.2) is 5.82 Å². The van der Waals surface area contributed by atoms with E-state index in [1.165, 1.54) is 0 Å². The second-order valence-corrected chi connectivity index (χ2v) is 9.24. The summed E-state index contributed by atoms with van der Waals surface area (Å²) in [5, 5.41) is 4.75. The number of fused-ring (bicyclic) bond motifs is 1. The van der Waals surface area contributed by atoms with Gasteiger partial charge in [-0.15, -0.1) is 0 Å². The minimum absolute atomic E-state index is 0.0807. The van der Waals surface area contributed by atoms with E-state index in [1.807, 2.05) is 64.4 Å². The highest BCUT2D eigenvalue weighted by Gasteiger charge is 2.31. The molecule has 0 unspecified atom stereocenters. The van der Waals surface area contributed by atoms with Crippen LogP contribution in [0, 0.1) is 5.92 Å². The quantitative estimate of drug-likeness (QED) is 0.459. The standard InChI is InChI=1S/C27H29N7O/c35-27(33-18-16-31(17-19-33)25-8-4-5-11-28-25)22-9-13-32(14-10-22)26-24-20-23(21-6-2-1-3-7-21)30-34(24)15-12-29-26/h1-8,11-12,15,20,22H,9-10,13-14,16-19H2. The van der Waals surface area contributed by atoms with Crippen molar-refractivity contribution in [3.8, 4) is 11.3 Å². The Hall–Kier alpha value is -3.94. The van der Waals surface area contributed by atoms with Gasteiger partial charge in [-0.1, -0.05) is 36.4 Å². The van der Waals surface area contributed by atoms with Crippen molar-refractivity contribution in [2.75, 3.05) is 49.1 Å². The number of pyridine rings is 1. The Balaban J connectivity index is 1.09. The zero-order valence-corrected chi connectivity index (χ0v) is 19.7. The van der Waals surface area contributed by atoms with Crippen LogP contribution in [0.25, 0.3) is 16.8 Å². The largest absolute Gasteiger partial charge is 0.355 e. The van der Waals surface area contributed by atoms with Gasteiger partial charge in [0.25, 0.3) is 0 Å². The number of carbonyl (C=O) groups is 1. The maximum Gasteiger partial charge on any atom is 0.225 e. The van der Waals surface area contributed by atoms with Crippen LogP contribution in [0.4, 0.5) is 11.6 Å². The lowest BCUT2D eigenvalue weighted by Gasteiger charge is -2.39. The second kappa shape index (κ2) is 9.37. The monoisotopic (exact) mass is 467 g/mol. The molecule has 0 spiro atoms. The molecule has 0 aliphatic carbocycles. The number of hydrogen-bond acceptors (Lipinski definition) is 6. The molecule has 8 nitrogen and oxygen atoms in total. The lowest BCUT2D eigenvalue weighted by molar-refractivity contribution is -0.136. The van der Waals surface area contributed by atoms with Crippen LogP contribution in [-0.2, 0) is 4.79 Å². The average molecular weight is 468 g/mol. The first kappa shape index (κ1) is 21.6. The van der Waals surface area contributed by atoms with Crippen LogP contribution in [0.2, 0.25) is 0 Å².